The Labute approximate surface area is 202 Å². The monoisotopic (exact) mass is 483 g/mol. The van der Waals surface area contributed by atoms with Crippen molar-refractivity contribution in [3.63, 3.8) is 0 Å². The molecule has 0 bridgehead atoms. The van der Waals surface area contributed by atoms with Crippen molar-refractivity contribution in [1.82, 2.24) is 0 Å². The van der Waals surface area contributed by atoms with Crippen LogP contribution in [0.2, 0.25) is 5.02 Å². The summed E-state index contributed by atoms with van der Waals surface area (Å²) in [5, 5.41) is 9.90. The summed E-state index contributed by atoms with van der Waals surface area (Å²) in [5.41, 5.74) is 3.97. The summed E-state index contributed by atoms with van der Waals surface area (Å²) in [6.07, 6.45) is 1.29. The fraction of sp³-hybridized carbons (Fsp3) is 0.269. The average Bonchev–Trinajstić information content (AvgIpc) is 2.81. The first-order valence-electron chi connectivity index (χ1n) is 11.0. The zero-order valence-corrected chi connectivity index (χ0v) is 19.9. The number of ether oxygens (including phenoxy) is 1. The van der Waals surface area contributed by atoms with Gasteiger partial charge in [0.15, 0.2) is 15.9 Å². The van der Waals surface area contributed by atoms with Gasteiger partial charge < -0.3 is 19.3 Å². The van der Waals surface area contributed by atoms with Crippen molar-refractivity contribution in [2.24, 2.45) is 0 Å². The van der Waals surface area contributed by atoms with Gasteiger partial charge >= 0.3 is 5.97 Å². The summed E-state index contributed by atoms with van der Waals surface area (Å²) in [6.45, 7) is 2.93. The van der Waals surface area contributed by atoms with E-state index in [1.165, 1.54) is 5.56 Å². The van der Waals surface area contributed by atoms with Crippen LogP contribution in [0.25, 0.3) is 0 Å². The molecule has 3 aromatic rings. The molecule has 172 valence electrons. The molecule has 5 nitrogen and oxygen atoms in total. The molecule has 1 aliphatic rings. The quantitative estimate of drug-likeness (QED) is 0.400. The lowest BCUT2D eigenvalue weighted by atomic mass is 10.0. The zero-order valence-electron chi connectivity index (χ0n) is 18.4. The number of aryl methyl sites for hydroxylation is 1. The van der Waals surface area contributed by atoms with E-state index in [0.717, 1.165) is 46.1 Å². The Morgan fingerprint density at radius 2 is 1.76 bits per heavy atom. The number of fused-ring (bicyclic) bond motifs is 2. The minimum atomic E-state index is -1.23. The summed E-state index contributed by atoms with van der Waals surface area (Å²) < 4.78 is 18.4. The van der Waals surface area contributed by atoms with E-state index in [1.807, 2.05) is 60.7 Å². The van der Waals surface area contributed by atoms with E-state index in [9.17, 15) is 14.5 Å². The summed E-state index contributed by atoms with van der Waals surface area (Å²) >= 11 is 5.04. The van der Waals surface area contributed by atoms with Gasteiger partial charge in [-0.25, -0.2) is 4.79 Å². The third kappa shape index (κ3) is 5.36. The minimum Gasteiger partial charge on any atom is -0.606 e. The summed E-state index contributed by atoms with van der Waals surface area (Å²) in [7, 11) is 0. The highest BCUT2D eigenvalue weighted by atomic mass is 35.5. The van der Waals surface area contributed by atoms with Gasteiger partial charge in [0.2, 0.25) is 0 Å². The SMILES string of the molecule is CCOC(Cc1ccc(CCCN2c3ccccc3[S+]([O-])c3ccc(Cl)cc32)cc1)C(=O)O. The van der Waals surface area contributed by atoms with E-state index in [1.54, 1.807) is 13.0 Å². The molecule has 0 spiro atoms. The number of para-hydroxylation sites is 1. The van der Waals surface area contributed by atoms with E-state index < -0.39 is 23.2 Å². The molecule has 0 saturated heterocycles. The summed E-state index contributed by atoms with van der Waals surface area (Å²) in [5.74, 6) is -0.941. The van der Waals surface area contributed by atoms with Crippen LogP contribution in [0.3, 0.4) is 0 Å². The Morgan fingerprint density at radius 3 is 2.48 bits per heavy atom. The zero-order chi connectivity index (χ0) is 23.4. The fourth-order valence-corrected chi connectivity index (χ4v) is 5.62. The third-order valence-corrected chi connectivity index (χ3v) is 7.43. The van der Waals surface area contributed by atoms with Gasteiger partial charge in [0.05, 0.1) is 11.4 Å². The molecule has 0 fully saturated rings. The Morgan fingerprint density at radius 1 is 1.06 bits per heavy atom. The molecular weight excluding hydrogens is 458 g/mol. The topological polar surface area (TPSA) is 72.8 Å². The van der Waals surface area contributed by atoms with Gasteiger partial charge in [-0.1, -0.05) is 48.0 Å². The van der Waals surface area contributed by atoms with E-state index in [4.69, 9.17) is 16.3 Å². The van der Waals surface area contributed by atoms with E-state index >= 15 is 0 Å². The van der Waals surface area contributed by atoms with Gasteiger partial charge in [-0.2, -0.15) is 0 Å². The predicted molar refractivity (Wildman–Crippen MR) is 131 cm³/mol. The highest BCUT2D eigenvalue weighted by Crippen LogP contribution is 2.44. The van der Waals surface area contributed by atoms with Gasteiger partial charge in [0, 0.05) is 35.8 Å². The normalized spacial score (nSPS) is 15.6. The highest BCUT2D eigenvalue weighted by molar-refractivity contribution is 7.92. The first kappa shape index (κ1) is 23.6. The number of aliphatic carboxylic acids is 1. The smallest absolute Gasteiger partial charge is 0.333 e. The first-order chi connectivity index (χ1) is 16.0. The number of nitrogens with zero attached hydrogens (tertiary/aromatic N) is 1. The number of hydrogen-bond donors (Lipinski definition) is 1. The van der Waals surface area contributed by atoms with Crippen molar-refractivity contribution in [2.75, 3.05) is 18.1 Å². The Kier molecular flexibility index (Phi) is 7.60. The van der Waals surface area contributed by atoms with Crippen molar-refractivity contribution in [1.29, 1.82) is 0 Å². The molecule has 7 heteroatoms. The number of halogens is 1. The van der Waals surface area contributed by atoms with Crippen molar-refractivity contribution in [3.05, 3.63) is 82.9 Å². The van der Waals surface area contributed by atoms with Crippen LogP contribution < -0.4 is 4.90 Å². The van der Waals surface area contributed by atoms with Crippen molar-refractivity contribution < 1.29 is 19.2 Å². The molecule has 0 radical (unpaired) electrons. The van der Waals surface area contributed by atoms with Crippen LogP contribution in [-0.2, 0) is 33.5 Å². The molecule has 1 aliphatic heterocycles. The van der Waals surface area contributed by atoms with E-state index in [-0.39, 0.29) is 0 Å². The predicted octanol–water partition coefficient (Wildman–Crippen LogP) is 5.62. The second-order valence-electron chi connectivity index (χ2n) is 7.91. The Hall–Kier alpha value is -2.51. The van der Waals surface area contributed by atoms with Crippen LogP contribution in [0, 0.1) is 0 Å². The number of carboxylic acids is 1. The maximum Gasteiger partial charge on any atom is 0.333 e. The van der Waals surface area contributed by atoms with Crippen LogP contribution in [0.5, 0.6) is 0 Å². The highest BCUT2D eigenvalue weighted by Gasteiger charge is 2.33. The van der Waals surface area contributed by atoms with Crippen molar-refractivity contribution >= 4 is 40.1 Å². The van der Waals surface area contributed by atoms with Crippen molar-refractivity contribution in [2.45, 2.75) is 42.1 Å². The lowest BCUT2D eigenvalue weighted by Crippen LogP contribution is -2.27. The van der Waals surface area contributed by atoms with Crippen LogP contribution >= 0.6 is 11.6 Å². The molecule has 0 amide bonds. The van der Waals surface area contributed by atoms with Crippen molar-refractivity contribution in [3.8, 4) is 0 Å². The average molecular weight is 484 g/mol. The molecule has 4 rings (SSSR count). The Bertz CT molecular complexity index is 1120. The standard InChI is InChI=1S/C26H26ClNO4S/c1-2-32-23(26(29)30)16-19-11-9-18(10-12-19)6-5-15-28-21-7-3-4-8-24(21)33(31)25-14-13-20(27)17-22(25)28/h3-4,7-14,17,23H,2,5-6,15-16H2,1H3,(H,29,30). The van der Waals surface area contributed by atoms with Gasteiger partial charge in [0.25, 0.3) is 0 Å². The molecule has 1 N–H and O–H groups in total. The third-order valence-electron chi connectivity index (χ3n) is 5.70. The molecular formula is C26H26ClNO4S. The largest absolute Gasteiger partial charge is 0.606 e. The fourth-order valence-electron chi connectivity index (χ4n) is 4.10. The molecule has 3 aromatic carbocycles. The molecule has 0 saturated carbocycles. The molecule has 2 atom stereocenters. The van der Waals surface area contributed by atoms with Crippen LogP contribution in [0.4, 0.5) is 11.4 Å². The number of benzene rings is 3. The van der Waals surface area contributed by atoms with Gasteiger partial charge in [-0.3, -0.25) is 0 Å². The Balaban J connectivity index is 1.44. The number of rotatable bonds is 9. The van der Waals surface area contributed by atoms with Crippen LogP contribution in [-0.4, -0.2) is 34.9 Å². The number of carboxylic acid groups (broad SMARTS) is 1. The maximum absolute atomic E-state index is 13.0. The maximum atomic E-state index is 13.0. The lowest BCUT2D eigenvalue weighted by molar-refractivity contribution is -0.149. The van der Waals surface area contributed by atoms with Gasteiger partial charge in [-0.15, -0.1) is 0 Å². The van der Waals surface area contributed by atoms with Crippen LogP contribution in [0.1, 0.15) is 24.5 Å². The van der Waals surface area contributed by atoms with E-state index in [0.29, 0.717) is 18.1 Å². The summed E-state index contributed by atoms with van der Waals surface area (Å²) in [4.78, 5) is 15.1. The molecule has 1 heterocycles. The molecule has 33 heavy (non-hydrogen) atoms. The molecule has 0 aliphatic carbocycles. The molecule has 0 aromatic heterocycles. The van der Waals surface area contributed by atoms with Gasteiger partial charge in [0.1, 0.15) is 0 Å². The number of hydrogen-bond acceptors (Lipinski definition) is 4. The van der Waals surface area contributed by atoms with Gasteiger partial charge in [-0.05, 0) is 61.2 Å². The second-order valence-corrected chi connectivity index (χ2v) is 9.76. The summed E-state index contributed by atoms with van der Waals surface area (Å²) in [6, 6.07) is 21.4. The minimum absolute atomic E-state index is 0.350. The lowest BCUT2D eigenvalue weighted by Gasteiger charge is -2.33. The number of anilines is 2. The second kappa shape index (κ2) is 10.6. The van der Waals surface area contributed by atoms with Crippen LogP contribution in [0.15, 0.2) is 76.5 Å². The number of carbonyl (C=O) groups is 1. The van der Waals surface area contributed by atoms with E-state index in [2.05, 4.69) is 4.90 Å². The first-order valence-corrected chi connectivity index (χ1v) is 12.5. The molecule has 2 unspecified atom stereocenters.